The van der Waals surface area contributed by atoms with Crippen LogP contribution < -0.4 is 4.72 Å². The highest BCUT2D eigenvalue weighted by atomic mass is 35.5. The Morgan fingerprint density at radius 2 is 1.75 bits per heavy atom. The third-order valence-corrected chi connectivity index (χ3v) is 8.36. The number of halogens is 2. The van der Waals surface area contributed by atoms with Gasteiger partial charge in [0.1, 0.15) is 0 Å². The minimum absolute atomic E-state index is 0.0408. The Morgan fingerprint density at radius 3 is 2.44 bits per heavy atom. The number of fused-ring (bicyclic) bond motifs is 1. The highest BCUT2D eigenvalue weighted by molar-refractivity contribution is 7.90. The fourth-order valence-corrected chi connectivity index (χ4v) is 6.49. The lowest BCUT2D eigenvalue weighted by Gasteiger charge is -2.07. The molecule has 0 saturated heterocycles. The zero-order chi connectivity index (χ0) is 22.9. The summed E-state index contributed by atoms with van der Waals surface area (Å²) in [6, 6.07) is 18.6. The largest absolute Gasteiger partial charge is 0.268 e. The summed E-state index contributed by atoms with van der Waals surface area (Å²) in [7, 11) is -3.97. The molecule has 4 nitrogen and oxygen atoms in total. The average molecular weight is 504 g/mol. The first-order valence-electron chi connectivity index (χ1n) is 9.89. The number of hydrogen-bond donors (Lipinski definition) is 1. The standard InChI is InChI=1S/C24H19Cl2NO3S2/c1-2-18-19-9-6-10-20(24(28)27-32(29,30)17-7-4-3-5-8-17)23(19)31-22(18)13-15-11-12-16(25)14-21(15)26/h3-12,14H,2,13H2,1H3,(H,27,28). The maximum absolute atomic E-state index is 13.0. The molecule has 0 spiro atoms. The van der Waals surface area contributed by atoms with Crippen molar-refractivity contribution in [3.05, 3.63) is 98.3 Å². The van der Waals surface area contributed by atoms with Gasteiger partial charge >= 0.3 is 0 Å². The highest BCUT2D eigenvalue weighted by Crippen LogP contribution is 2.37. The number of sulfonamides is 1. The molecule has 3 aromatic carbocycles. The molecule has 0 aliphatic carbocycles. The van der Waals surface area contributed by atoms with E-state index in [4.69, 9.17) is 23.2 Å². The Labute approximate surface area is 200 Å². The van der Waals surface area contributed by atoms with E-state index < -0.39 is 15.9 Å². The van der Waals surface area contributed by atoms with Crippen molar-refractivity contribution in [3.63, 3.8) is 0 Å². The third-order valence-electron chi connectivity index (χ3n) is 5.15. The van der Waals surface area contributed by atoms with Gasteiger partial charge in [0.05, 0.1) is 10.5 Å². The van der Waals surface area contributed by atoms with Gasteiger partial charge in [-0.1, -0.05) is 66.5 Å². The minimum Gasteiger partial charge on any atom is -0.268 e. The number of amides is 1. The second kappa shape index (κ2) is 9.24. The Morgan fingerprint density at radius 1 is 1.00 bits per heavy atom. The van der Waals surface area contributed by atoms with E-state index in [0.717, 1.165) is 32.5 Å². The van der Waals surface area contributed by atoms with Crippen molar-refractivity contribution in [3.8, 4) is 0 Å². The molecule has 164 valence electrons. The van der Waals surface area contributed by atoms with Gasteiger partial charge in [-0.05, 0) is 53.3 Å². The molecular formula is C24H19Cl2NO3S2. The van der Waals surface area contributed by atoms with Crippen LogP contribution in [-0.2, 0) is 22.9 Å². The maximum Gasteiger partial charge on any atom is 0.266 e. The summed E-state index contributed by atoms with van der Waals surface area (Å²) >= 11 is 13.9. The van der Waals surface area contributed by atoms with E-state index in [1.165, 1.54) is 23.5 Å². The summed E-state index contributed by atoms with van der Waals surface area (Å²) in [4.78, 5) is 14.1. The lowest BCUT2D eigenvalue weighted by molar-refractivity contribution is 0.0983. The van der Waals surface area contributed by atoms with Crippen LogP contribution in [0.3, 0.4) is 0 Å². The molecule has 1 amide bonds. The molecule has 32 heavy (non-hydrogen) atoms. The second-order valence-corrected chi connectivity index (χ2v) is 10.8. The first kappa shape index (κ1) is 22.8. The normalized spacial score (nSPS) is 11.6. The number of rotatable bonds is 6. The number of thiophene rings is 1. The van der Waals surface area contributed by atoms with Crippen LogP contribution in [0, 0.1) is 0 Å². The van der Waals surface area contributed by atoms with Crippen LogP contribution in [0.1, 0.15) is 33.3 Å². The van der Waals surface area contributed by atoms with E-state index in [9.17, 15) is 13.2 Å². The van der Waals surface area contributed by atoms with E-state index in [1.807, 2.05) is 12.1 Å². The van der Waals surface area contributed by atoms with Crippen LogP contribution in [0.2, 0.25) is 10.0 Å². The van der Waals surface area contributed by atoms with E-state index in [2.05, 4.69) is 11.6 Å². The smallest absolute Gasteiger partial charge is 0.266 e. The number of hydrogen-bond acceptors (Lipinski definition) is 4. The number of carbonyl (C=O) groups excluding carboxylic acids is 1. The van der Waals surface area contributed by atoms with Gasteiger partial charge in [0.15, 0.2) is 0 Å². The van der Waals surface area contributed by atoms with Crippen molar-refractivity contribution in [1.82, 2.24) is 4.72 Å². The highest BCUT2D eigenvalue weighted by Gasteiger charge is 2.22. The summed E-state index contributed by atoms with van der Waals surface area (Å²) in [5.41, 5.74) is 2.39. The fraction of sp³-hybridized carbons (Fsp3) is 0.125. The molecule has 1 N–H and O–H groups in total. The van der Waals surface area contributed by atoms with Crippen molar-refractivity contribution in [2.24, 2.45) is 0 Å². The monoisotopic (exact) mass is 503 g/mol. The number of aryl methyl sites for hydroxylation is 1. The minimum atomic E-state index is -3.97. The first-order chi connectivity index (χ1) is 15.3. The molecule has 8 heteroatoms. The molecule has 4 aromatic rings. The second-order valence-electron chi connectivity index (χ2n) is 7.20. The maximum atomic E-state index is 13.0. The zero-order valence-electron chi connectivity index (χ0n) is 17.1. The van der Waals surface area contributed by atoms with Crippen molar-refractivity contribution in [2.45, 2.75) is 24.7 Å². The summed E-state index contributed by atoms with van der Waals surface area (Å²) in [6.07, 6.45) is 1.37. The topological polar surface area (TPSA) is 63.2 Å². The van der Waals surface area contributed by atoms with Crippen LogP contribution in [0.5, 0.6) is 0 Å². The number of benzene rings is 3. The fourth-order valence-electron chi connectivity index (χ4n) is 3.60. The van der Waals surface area contributed by atoms with E-state index in [0.29, 0.717) is 22.0 Å². The average Bonchev–Trinajstić information content (AvgIpc) is 3.13. The third kappa shape index (κ3) is 4.55. The Kier molecular flexibility index (Phi) is 6.58. The van der Waals surface area contributed by atoms with Crippen molar-refractivity contribution in [1.29, 1.82) is 0 Å². The van der Waals surface area contributed by atoms with Crippen molar-refractivity contribution >= 4 is 60.6 Å². The zero-order valence-corrected chi connectivity index (χ0v) is 20.2. The van der Waals surface area contributed by atoms with Gasteiger partial charge in [0.2, 0.25) is 0 Å². The molecule has 0 fully saturated rings. The Balaban J connectivity index is 1.73. The molecule has 0 bridgehead atoms. The quantitative estimate of drug-likeness (QED) is 0.327. The molecule has 0 unspecified atom stereocenters. The predicted octanol–water partition coefficient (Wildman–Crippen LogP) is 6.48. The van der Waals surface area contributed by atoms with Gasteiger partial charge in [0.25, 0.3) is 15.9 Å². The number of nitrogens with one attached hydrogen (secondary N) is 1. The first-order valence-corrected chi connectivity index (χ1v) is 12.9. The van der Waals surface area contributed by atoms with Crippen LogP contribution in [0.4, 0.5) is 0 Å². The van der Waals surface area contributed by atoms with Gasteiger partial charge in [-0.3, -0.25) is 4.79 Å². The van der Waals surface area contributed by atoms with Gasteiger partial charge in [0, 0.05) is 26.0 Å². The molecular weight excluding hydrogens is 485 g/mol. The van der Waals surface area contributed by atoms with Crippen LogP contribution >= 0.6 is 34.5 Å². The van der Waals surface area contributed by atoms with Gasteiger partial charge in [-0.25, -0.2) is 13.1 Å². The molecule has 0 aliphatic heterocycles. The van der Waals surface area contributed by atoms with Crippen LogP contribution in [-0.4, -0.2) is 14.3 Å². The van der Waals surface area contributed by atoms with Gasteiger partial charge in [-0.2, -0.15) is 0 Å². The van der Waals surface area contributed by atoms with Crippen molar-refractivity contribution in [2.75, 3.05) is 0 Å². The number of carbonyl (C=O) groups is 1. The molecule has 4 rings (SSSR count). The van der Waals surface area contributed by atoms with E-state index in [-0.39, 0.29) is 4.90 Å². The molecule has 0 radical (unpaired) electrons. The molecule has 0 saturated carbocycles. The Hall–Kier alpha value is -2.38. The van der Waals surface area contributed by atoms with Gasteiger partial charge < -0.3 is 0 Å². The summed E-state index contributed by atoms with van der Waals surface area (Å²) in [5, 5.41) is 2.11. The van der Waals surface area contributed by atoms with E-state index >= 15 is 0 Å². The molecule has 0 atom stereocenters. The SMILES string of the molecule is CCc1c(Cc2ccc(Cl)cc2Cl)sc2c(C(=O)NS(=O)(=O)c3ccccc3)cccc12. The molecule has 1 aromatic heterocycles. The van der Waals surface area contributed by atoms with Gasteiger partial charge in [-0.15, -0.1) is 11.3 Å². The summed E-state index contributed by atoms with van der Waals surface area (Å²) < 4.78 is 28.2. The Bertz CT molecular complexity index is 1410. The molecule has 1 heterocycles. The van der Waals surface area contributed by atoms with Crippen LogP contribution in [0.25, 0.3) is 10.1 Å². The van der Waals surface area contributed by atoms with Crippen LogP contribution in [0.15, 0.2) is 71.6 Å². The lowest BCUT2D eigenvalue weighted by atomic mass is 10.0. The summed E-state index contributed by atoms with van der Waals surface area (Å²) in [6.45, 7) is 2.06. The molecule has 0 aliphatic rings. The van der Waals surface area contributed by atoms with E-state index in [1.54, 1.807) is 42.5 Å². The predicted molar refractivity (Wildman–Crippen MR) is 132 cm³/mol. The lowest BCUT2D eigenvalue weighted by Crippen LogP contribution is -2.30. The van der Waals surface area contributed by atoms with Crippen molar-refractivity contribution < 1.29 is 13.2 Å². The summed E-state index contributed by atoms with van der Waals surface area (Å²) in [5.74, 6) is -0.653.